The highest BCUT2D eigenvalue weighted by Gasteiger charge is 2.36. The van der Waals surface area contributed by atoms with Gasteiger partial charge in [-0.05, 0) is 57.9 Å². The fourth-order valence-corrected chi connectivity index (χ4v) is 5.98. The molecule has 1 saturated carbocycles. The molecular formula is C27H39N5O2. The first-order chi connectivity index (χ1) is 16.5. The number of carbonyl (C=O) groups is 2. The van der Waals surface area contributed by atoms with E-state index in [4.69, 9.17) is 0 Å². The Morgan fingerprint density at radius 2 is 1.71 bits per heavy atom. The number of nitrogens with zero attached hydrogens (tertiary/aromatic N) is 4. The molecule has 4 rings (SSSR count). The van der Waals surface area contributed by atoms with E-state index in [0.717, 1.165) is 58.2 Å². The Labute approximate surface area is 204 Å². The van der Waals surface area contributed by atoms with Crippen LogP contribution in [0.5, 0.6) is 0 Å². The number of rotatable bonds is 6. The third kappa shape index (κ3) is 5.79. The lowest BCUT2D eigenvalue weighted by molar-refractivity contribution is -0.141. The average molecular weight is 466 g/mol. The monoisotopic (exact) mass is 465 g/mol. The third-order valence-electron chi connectivity index (χ3n) is 7.96. The molecule has 3 aliphatic rings. The molecule has 1 aromatic carbocycles. The standard InChI is InChI=1S/C27H39N5O2/c1-20-17-30(18-21(2)32(20)19-22-7-4-3-5-8-22)27(34)23-10-12-24(13-11-23)29-16-26(33)31-14-6-9-25(31)15-28/h3-5,7-8,20-21,23-25,29H,6,9-14,16-19H2,1-2H3/t20-,21-,23?,24?,25-/m0/s1. The number of piperazine rings is 1. The van der Waals surface area contributed by atoms with Gasteiger partial charge in [0, 0.05) is 50.2 Å². The second kappa shape index (κ2) is 11.3. The molecule has 0 spiro atoms. The summed E-state index contributed by atoms with van der Waals surface area (Å²) in [6, 6.07) is 13.5. The van der Waals surface area contributed by atoms with Crippen molar-refractivity contribution >= 4 is 11.8 Å². The summed E-state index contributed by atoms with van der Waals surface area (Å²) in [7, 11) is 0. The van der Waals surface area contributed by atoms with Gasteiger partial charge >= 0.3 is 0 Å². The van der Waals surface area contributed by atoms with Crippen LogP contribution < -0.4 is 5.32 Å². The number of nitriles is 1. The fourth-order valence-electron chi connectivity index (χ4n) is 5.98. The number of benzene rings is 1. The molecule has 184 valence electrons. The molecule has 1 aliphatic carbocycles. The molecule has 7 nitrogen and oxygen atoms in total. The lowest BCUT2D eigenvalue weighted by atomic mass is 9.84. The van der Waals surface area contributed by atoms with E-state index in [1.807, 2.05) is 6.07 Å². The van der Waals surface area contributed by atoms with Crippen molar-refractivity contribution < 1.29 is 9.59 Å². The summed E-state index contributed by atoms with van der Waals surface area (Å²) in [6.07, 6.45) is 5.29. The van der Waals surface area contributed by atoms with E-state index in [0.29, 0.717) is 31.1 Å². The molecular weight excluding hydrogens is 426 g/mol. The summed E-state index contributed by atoms with van der Waals surface area (Å²) < 4.78 is 0. The van der Waals surface area contributed by atoms with Gasteiger partial charge in [-0.1, -0.05) is 30.3 Å². The largest absolute Gasteiger partial charge is 0.339 e. The topological polar surface area (TPSA) is 79.7 Å². The normalized spacial score (nSPS) is 30.2. The smallest absolute Gasteiger partial charge is 0.237 e. The van der Waals surface area contributed by atoms with Crippen LogP contribution in [0.2, 0.25) is 0 Å². The van der Waals surface area contributed by atoms with Crippen LogP contribution in [-0.2, 0) is 16.1 Å². The van der Waals surface area contributed by atoms with Gasteiger partial charge < -0.3 is 15.1 Å². The van der Waals surface area contributed by atoms with Crippen molar-refractivity contribution in [3.8, 4) is 6.07 Å². The summed E-state index contributed by atoms with van der Waals surface area (Å²) in [5, 5.41) is 12.6. The Kier molecular flexibility index (Phi) is 8.23. The maximum Gasteiger partial charge on any atom is 0.237 e. The molecule has 2 heterocycles. The lowest BCUT2D eigenvalue weighted by Crippen LogP contribution is -2.58. The van der Waals surface area contributed by atoms with Gasteiger partial charge in [-0.3, -0.25) is 14.5 Å². The van der Waals surface area contributed by atoms with E-state index in [-0.39, 0.29) is 23.9 Å². The van der Waals surface area contributed by atoms with Crippen LogP contribution in [0.1, 0.15) is 57.9 Å². The fraction of sp³-hybridized carbons (Fsp3) is 0.667. The van der Waals surface area contributed by atoms with Gasteiger partial charge in [-0.25, -0.2) is 0 Å². The van der Waals surface area contributed by atoms with Crippen molar-refractivity contribution in [2.45, 2.75) is 83.1 Å². The minimum absolute atomic E-state index is 0.0265. The summed E-state index contributed by atoms with van der Waals surface area (Å²) >= 11 is 0. The van der Waals surface area contributed by atoms with Crippen molar-refractivity contribution in [3.63, 3.8) is 0 Å². The number of hydrogen-bond donors (Lipinski definition) is 1. The second-order valence-corrected chi connectivity index (χ2v) is 10.4. The van der Waals surface area contributed by atoms with E-state index in [2.05, 4.69) is 59.3 Å². The number of nitrogens with one attached hydrogen (secondary N) is 1. The molecule has 3 atom stereocenters. The van der Waals surface area contributed by atoms with Gasteiger partial charge in [0.25, 0.3) is 0 Å². The van der Waals surface area contributed by atoms with Gasteiger partial charge in [-0.15, -0.1) is 0 Å². The molecule has 3 fully saturated rings. The zero-order chi connectivity index (χ0) is 24.1. The molecule has 0 radical (unpaired) electrons. The Hall–Kier alpha value is -2.43. The Morgan fingerprint density at radius 1 is 1.03 bits per heavy atom. The third-order valence-corrected chi connectivity index (χ3v) is 7.96. The highest BCUT2D eigenvalue weighted by molar-refractivity contribution is 5.80. The van der Waals surface area contributed by atoms with Gasteiger partial charge in [0.15, 0.2) is 0 Å². The van der Waals surface area contributed by atoms with Gasteiger partial charge in [0.1, 0.15) is 6.04 Å². The molecule has 2 aliphatic heterocycles. The van der Waals surface area contributed by atoms with Gasteiger partial charge in [0.05, 0.1) is 12.6 Å². The Balaban J connectivity index is 1.21. The predicted molar refractivity (Wildman–Crippen MR) is 132 cm³/mol. The van der Waals surface area contributed by atoms with Crippen LogP contribution in [-0.4, -0.2) is 76.9 Å². The molecule has 2 saturated heterocycles. The van der Waals surface area contributed by atoms with Crippen molar-refractivity contribution in [1.82, 2.24) is 20.0 Å². The molecule has 34 heavy (non-hydrogen) atoms. The van der Waals surface area contributed by atoms with Crippen molar-refractivity contribution in [3.05, 3.63) is 35.9 Å². The molecule has 1 aromatic rings. The van der Waals surface area contributed by atoms with E-state index in [1.54, 1.807) is 4.90 Å². The van der Waals surface area contributed by atoms with Gasteiger partial charge in [0.2, 0.25) is 11.8 Å². The maximum atomic E-state index is 13.3. The summed E-state index contributed by atoms with van der Waals surface area (Å²) in [5.41, 5.74) is 1.32. The molecule has 2 amide bonds. The molecule has 0 aromatic heterocycles. The van der Waals surface area contributed by atoms with Crippen molar-refractivity contribution in [1.29, 1.82) is 5.26 Å². The second-order valence-electron chi connectivity index (χ2n) is 10.4. The summed E-state index contributed by atoms with van der Waals surface area (Å²) in [6.45, 7) is 7.95. The summed E-state index contributed by atoms with van der Waals surface area (Å²) in [5.74, 6) is 0.426. The van der Waals surface area contributed by atoms with Crippen LogP contribution in [0.25, 0.3) is 0 Å². The number of hydrogen-bond acceptors (Lipinski definition) is 5. The zero-order valence-corrected chi connectivity index (χ0v) is 20.7. The van der Waals surface area contributed by atoms with Crippen LogP contribution in [0.3, 0.4) is 0 Å². The molecule has 0 bridgehead atoms. The SMILES string of the molecule is C[C@H]1CN(C(=O)C2CCC(NCC(=O)N3CCC[C@H]3C#N)CC2)C[C@H](C)N1Cc1ccccc1. The van der Waals surface area contributed by atoms with Crippen LogP contribution in [0.15, 0.2) is 30.3 Å². The van der Waals surface area contributed by atoms with Crippen LogP contribution in [0.4, 0.5) is 0 Å². The molecule has 0 unspecified atom stereocenters. The predicted octanol–water partition coefficient (Wildman–Crippen LogP) is 2.77. The quantitative estimate of drug-likeness (QED) is 0.699. The first kappa shape index (κ1) is 24.7. The summed E-state index contributed by atoms with van der Waals surface area (Å²) in [4.78, 5) is 32.1. The van der Waals surface area contributed by atoms with Crippen LogP contribution >= 0.6 is 0 Å². The molecule has 7 heteroatoms. The van der Waals surface area contributed by atoms with E-state index in [1.165, 1.54) is 5.56 Å². The average Bonchev–Trinajstić information content (AvgIpc) is 3.34. The van der Waals surface area contributed by atoms with Crippen molar-refractivity contribution in [2.75, 3.05) is 26.2 Å². The lowest BCUT2D eigenvalue weighted by Gasteiger charge is -2.45. The highest BCUT2D eigenvalue weighted by atomic mass is 16.2. The van der Waals surface area contributed by atoms with Crippen LogP contribution in [0, 0.1) is 17.2 Å². The van der Waals surface area contributed by atoms with E-state index in [9.17, 15) is 14.9 Å². The number of likely N-dealkylation sites (tertiary alicyclic amines) is 1. The minimum Gasteiger partial charge on any atom is -0.339 e. The van der Waals surface area contributed by atoms with Crippen molar-refractivity contribution in [2.24, 2.45) is 5.92 Å². The Morgan fingerprint density at radius 3 is 2.35 bits per heavy atom. The number of carbonyl (C=O) groups excluding carboxylic acids is 2. The first-order valence-corrected chi connectivity index (χ1v) is 13.0. The van der Waals surface area contributed by atoms with E-state index >= 15 is 0 Å². The first-order valence-electron chi connectivity index (χ1n) is 13.0. The van der Waals surface area contributed by atoms with Gasteiger partial charge in [-0.2, -0.15) is 5.26 Å². The minimum atomic E-state index is -0.263. The zero-order valence-electron chi connectivity index (χ0n) is 20.7. The Bertz CT molecular complexity index is 865. The highest BCUT2D eigenvalue weighted by Crippen LogP contribution is 2.28. The maximum absolute atomic E-state index is 13.3. The number of amides is 2. The molecule has 1 N–H and O–H groups in total. The van der Waals surface area contributed by atoms with E-state index < -0.39 is 0 Å².